The summed E-state index contributed by atoms with van der Waals surface area (Å²) in [6.07, 6.45) is 0. The van der Waals surface area contributed by atoms with Gasteiger partial charge in [0.1, 0.15) is 0 Å². The molecule has 0 aromatic heterocycles. The van der Waals surface area contributed by atoms with Crippen molar-refractivity contribution in [2.24, 2.45) is 0 Å². The molecule has 0 saturated carbocycles. The summed E-state index contributed by atoms with van der Waals surface area (Å²) in [5.74, 6) is -1.87. The summed E-state index contributed by atoms with van der Waals surface area (Å²) in [7, 11) is 0. The van der Waals surface area contributed by atoms with E-state index in [1.807, 2.05) is 0 Å². The van der Waals surface area contributed by atoms with Crippen LogP contribution in [-0.2, 0) is 26.4 Å². The standard InChI is InChI=1S/2C4H6O2.Co/c2*1-3(2)4(5)6;/h2*1H2,2H3,(H,5,6);. The van der Waals surface area contributed by atoms with E-state index in [9.17, 15) is 9.59 Å². The van der Waals surface area contributed by atoms with Gasteiger partial charge in [-0.2, -0.15) is 0 Å². The maximum Gasteiger partial charge on any atom is 0.330 e. The van der Waals surface area contributed by atoms with E-state index in [0.29, 0.717) is 0 Å². The Balaban J connectivity index is -0.000000143. The van der Waals surface area contributed by atoms with Crippen LogP contribution in [0.25, 0.3) is 0 Å². The number of hydrogen-bond acceptors (Lipinski definition) is 2. The van der Waals surface area contributed by atoms with Crippen LogP contribution < -0.4 is 0 Å². The first-order valence-corrected chi connectivity index (χ1v) is 3.06. The monoisotopic (exact) mass is 231 g/mol. The zero-order chi connectivity index (χ0) is 10.3. The molecule has 0 rings (SSSR count). The fourth-order valence-electron chi connectivity index (χ4n) is 0. The summed E-state index contributed by atoms with van der Waals surface area (Å²) in [4.78, 5) is 19.2. The van der Waals surface area contributed by atoms with E-state index in [-0.39, 0.29) is 27.9 Å². The van der Waals surface area contributed by atoms with E-state index in [2.05, 4.69) is 13.2 Å². The third-order valence-electron chi connectivity index (χ3n) is 0.730. The van der Waals surface area contributed by atoms with Gasteiger partial charge in [0.25, 0.3) is 0 Å². The van der Waals surface area contributed by atoms with E-state index in [1.54, 1.807) is 0 Å². The molecule has 0 atom stereocenters. The minimum Gasteiger partial charge on any atom is -0.478 e. The number of rotatable bonds is 2. The van der Waals surface area contributed by atoms with E-state index in [4.69, 9.17) is 10.2 Å². The summed E-state index contributed by atoms with van der Waals surface area (Å²) in [5, 5.41) is 15.8. The van der Waals surface area contributed by atoms with Crippen LogP contribution in [0.2, 0.25) is 0 Å². The molecular formula is C8H12CoO4. The van der Waals surface area contributed by atoms with Crippen molar-refractivity contribution in [3.05, 3.63) is 24.3 Å². The van der Waals surface area contributed by atoms with Crippen molar-refractivity contribution in [2.75, 3.05) is 0 Å². The molecule has 4 nitrogen and oxygen atoms in total. The topological polar surface area (TPSA) is 74.6 Å². The largest absolute Gasteiger partial charge is 0.478 e. The van der Waals surface area contributed by atoms with Crippen LogP contribution in [0, 0.1) is 0 Å². The van der Waals surface area contributed by atoms with Crippen LogP contribution in [0.5, 0.6) is 0 Å². The molecule has 0 fully saturated rings. The van der Waals surface area contributed by atoms with Crippen molar-refractivity contribution < 1.29 is 36.6 Å². The maximum atomic E-state index is 9.60. The van der Waals surface area contributed by atoms with Crippen molar-refractivity contribution in [3.8, 4) is 0 Å². The molecule has 2 N–H and O–H groups in total. The Morgan fingerprint density at radius 1 is 0.923 bits per heavy atom. The summed E-state index contributed by atoms with van der Waals surface area (Å²) in [6.45, 7) is 9.20. The van der Waals surface area contributed by atoms with Gasteiger partial charge in [0, 0.05) is 27.9 Å². The molecule has 0 heterocycles. The molecule has 0 unspecified atom stereocenters. The van der Waals surface area contributed by atoms with Crippen molar-refractivity contribution in [3.63, 3.8) is 0 Å². The number of hydrogen-bond donors (Lipinski definition) is 2. The zero-order valence-electron chi connectivity index (χ0n) is 7.46. The van der Waals surface area contributed by atoms with E-state index >= 15 is 0 Å². The van der Waals surface area contributed by atoms with Crippen LogP contribution in [-0.4, -0.2) is 22.2 Å². The molecule has 0 aromatic carbocycles. The Morgan fingerprint density at radius 2 is 1.00 bits per heavy atom. The zero-order valence-corrected chi connectivity index (χ0v) is 8.50. The third-order valence-corrected chi connectivity index (χ3v) is 0.730. The second kappa shape index (κ2) is 9.02. The van der Waals surface area contributed by atoms with Crippen LogP contribution >= 0.6 is 0 Å². The van der Waals surface area contributed by atoms with Gasteiger partial charge in [-0.15, -0.1) is 0 Å². The molecule has 0 aliphatic carbocycles. The molecule has 0 amide bonds. The molecule has 0 spiro atoms. The number of carboxylic acids is 2. The quantitative estimate of drug-likeness (QED) is 0.702. The van der Waals surface area contributed by atoms with E-state index in [1.165, 1.54) is 13.8 Å². The summed E-state index contributed by atoms with van der Waals surface area (Å²) in [5.41, 5.74) is 0.352. The Morgan fingerprint density at radius 3 is 1.00 bits per heavy atom. The average Bonchev–Trinajstić information content (AvgIpc) is 1.88. The fourth-order valence-corrected chi connectivity index (χ4v) is 0. The normalized spacial score (nSPS) is 6.92. The van der Waals surface area contributed by atoms with Gasteiger partial charge in [0.2, 0.25) is 0 Å². The number of carboxylic acid groups (broad SMARTS) is 2. The van der Waals surface area contributed by atoms with Crippen LogP contribution in [0.3, 0.4) is 0 Å². The second-order valence-electron chi connectivity index (χ2n) is 2.17. The van der Waals surface area contributed by atoms with E-state index < -0.39 is 11.9 Å². The van der Waals surface area contributed by atoms with Gasteiger partial charge in [-0.1, -0.05) is 13.2 Å². The predicted octanol–water partition coefficient (Wildman–Crippen LogP) is 1.29. The van der Waals surface area contributed by atoms with Crippen molar-refractivity contribution in [2.45, 2.75) is 13.8 Å². The first-order valence-electron chi connectivity index (χ1n) is 3.06. The fraction of sp³-hybridized carbons (Fsp3) is 0.250. The smallest absolute Gasteiger partial charge is 0.330 e. The minimum atomic E-state index is -0.935. The molecule has 0 saturated heterocycles. The van der Waals surface area contributed by atoms with Crippen molar-refractivity contribution >= 4 is 11.9 Å². The van der Waals surface area contributed by atoms with Crippen molar-refractivity contribution in [1.29, 1.82) is 0 Å². The Kier molecular flexibility index (Phi) is 12.4. The Labute approximate surface area is 87.2 Å². The summed E-state index contributed by atoms with van der Waals surface area (Å²) < 4.78 is 0. The maximum absolute atomic E-state index is 9.60. The summed E-state index contributed by atoms with van der Waals surface area (Å²) in [6, 6.07) is 0. The molecule has 0 aliphatic rings. The van der Waals surface area contributed by atoms with Gasteiger partial charge in [0.05, 0.1) is 0 Å². The average molecular weight is 231 g/mol. The minimum absolute atomic E-state index is 0. The number of carbonyl (C=O) groups is 2. The molecule has 77 valence electrons. The van der Waals surface area contributed by atoms with Gasteiger partial charge >= 0.3 is 11.9 Å². The van der Waals surface area contributed by atoms with Gasteiger partial charge in [-0.3, -0.25) is 0 Å². The molecular weight excluding hydrogens is 219 g/mol. The van der Waals surface area contributed by atoms with Crippen LogP contribution in [0.15, 0.2) is 24.3 Å². The molecule has 13 heavy (non-hydrogen) atoms. The van der Waals surface area contributed by atoms with Gasteiger partial charge in [-0.25, -0.2) is 9.59 Å². The predicted molar refractivity (Wildman–Crippen MR) is 44.9 cm³/mol. The molecule has 0 bridgehead atoms. The Bertz CT molecular complexity index is 172. The first kappa shape index (κ1) is 17.9. The SMILES string of the molecule is C=C(C)C(=O)O.C=C(C)C(=O)O.[Co]. The molecule has 0 aliphatic heterocycles. The second-order valence-corrected chi connectivity index (χ2v) is 2.17. The van der Waals surface area contributed by atoms with Crippen molar-refractivity contribution in [1.82, 2.24) is 0 Å². The summed E-state index contributed by atoms with van der Waals surface area (Å²) >= 11 is 0. The van der Waals surface area contributed by atoms with Gasteiger partial charge < -0.3 is 10.2 Å². The van der Waals surface area contributed by atoms with Crippen LogP contribution in [0.1, 0.15) is 13.8 Å². The molecule has 1 radical (unpaired) electrons. The molecule has 0 aromatic rings. The third kappa shape index (κ3) is 18.1. The number of aliphatic carboxylic acids is 2. The molecule has 5 heteroatoms. The first-order chi connectivity index (χ1) is 5.29. The van der Waals surface area contributed by atoms with Crippen LogP contribution in [0.4, 0.5) is 0 Å². The van der Waals surface area contributed by atoms with Gasteiger partial charge in [0.15, 0.2) is 0 Å². The Hall–Kier alpha value is -1.07. The van der Waals surface area contributed by atoms with E-state index in [0.717, 1.165) is 0 Å². The van der Waals surface area contributed by atoms with Gasteiger partial charge in [-0.05, 0) is 13.8 Å².